The third-order valence-corrected chi connectivity index (χ3v) is 4.93. The average molecular weight is 345 g/mol. The van der Waals surface area contributed by atoms with E-state index in [9.17, 15) is 0 Å². The number of aryl methyl sites for hydroxylation is 1. The zero-order valence-electron chi connectivity index (χ0n) is 14.9. The molecular formula is C22H23N3O. The van der Waals surface area contributed by atoms with E-state index >= 15 is 0 Å². The number of ether oxygens (including phenoxy) is 1. The van der Waals surface area contributed by atoms with Crippen molar-refractivity contribution in [3.63, 3.8) is 0 Å². The maximum Gasteiger partial charge on any atom is 0.226 e. The minimum Gasteiger partial charge on any atom is -0.439 e. The third-order valence-electron chi connectivity index (χ3n) is 4.93. The molecule has 2 aromatic carbocycles. The molecule has 3 aromatic rings. The third kappa shape index (κ3) is 3.85. The number of aromatic nitrogens is 2. The first-order chi connectivity index (χ1) is 12.8. The topological polar surface area (TPSA) is 47.0 Å². The van der Waals surface area contributed by atoms with Crippen LogP contribution < -0.4 is 10.1 Å². The molecule has 4 heteroatoms. The molecule has 0 aliphatic heterocycles. The SMILES string of the molecule is Cc1ccc(C2CCCC2Nc2nccc(Oc3ccccc3)n2)cc1. The first kappa shape index (κ1) is 16.6. The molecule has 132 valence electrons. The number of nitrogens with zero attached hydrogens (tertiary/aromatic N) is 2. The van der Waals surface area contributed by atoms with E-state index in [1.54, 1.807) is 12.3 Å². The lowest BCUT2D eigenvalue weighted by molar-refractivity contribution is 0.462. The van der Waals surface area contributed by atoms with Gasteiger partial charge in [-0.05, 0) is 37.5 Å². The van der Waals surface area contributed by atoms with Crippen LogP contribution in [0.15, 0.2) is 66.9 Å². The Morgan fingerprint density at radius 2 is 1.77 bits per heavy atom. The van der Waals surface area contributed by atoms with Gasteiger partial charge in [-0.2, -0.15) is 4.98 Å². The van der Waals surface area contributed by atoms with Gasteiger partial charge in [-0.15, -0.1) is 0 Å². The molecule has 1 saturated carbocycles. The summed E-state index contributed by atoms with van der Waals surface area (Å²) in [5, 5.41) is 3.53. The van der Waals surface area contributed by atoms with Gasteiger partial charge in [0.1, 0.15) is 5.75 Å². The van der Waals surface area contributed by atoms with Crippen LogP contribution in [0, 0.1) is 6.92 Å². The highest BCUT2D eigenvalue weighted by molar-refractivity contribution is 5.35. The van der Waals surface area contributed by atoms with Crippen LogP contribution in [-0.4, -0.2) is 16.0 Å². The van der Waals surface area contributed by atoms with Crippen LogP contribution >= 0.6 is 0 Å². The molecule has 0 amide bonds. The van der Waals surface area contributed by atoms with Crippen LogP contribution in [0.3, 0.4) is 0 Å². The zero-order valence-corrected chi connectivity index (χ0v) is 14.9. The number of rotatable bonds is 5. The summed E-state index contributed by atoms with van der Waals surface area (Å²) < 4.78 is 5.82. The van der Waals surface area contributed by atoms with E-state index in [0.717, 1.165) is 12.2 Å². The fourth-order valence-corrected chi connectivity index (χ4v) is 3.59. The van der Waals surface area contributed by atoms with Crippen molar-refractivity contribution in [2.75, 3.05) is 5.32 Å². The van der Waals surface area contributed by atoms with Crippen molar-refractivity contribution in [1.29, 1.82) is 0 Å². The van der Waals surface area contributed by atoms with Crippen LogP contribution in [0.4, 0.5) is 5.95 Å². The largest absolute Gasteiger partial charge is 0.439 e. The molecule has 4 nitrogen and oxygen atoms in total. The summed E-state index contributed by atoms with van der Waals surface area (Å²) in [5.74, 6) is 2.45. The minimum atomic E-state index is 0.352. The highest BCUT2D eigenvalue weighted by Crippen LogP contribution is 2.36. The Labute approximate surface area is 154 Å². The van der Waals surface area contributed by atoms with Gasteiger partial charge in [0.2, 0.25) is 11.8 Å². The lowest BCUT2D eigenvalue weighted by Crippen LogP contribution is -2.23. The molecule has 1 N–H and O–H groups in total. The van der Waals surface area contributed by atoms with Crippen molar-refractivity contribution in [1.82, 2.24) is 9.97 Å². The quantitative estimate of drug-likeness (QED) is 0.679. The molecular weight excluding hydrogens is 322 g/mol. The zero-order chi connectivity index (χ0) is 17.8. The fourth-order valence-electron chi connectivity index (χ4n) is 3.59. The second-order valence-electron chi connectivity index (χ2n) is 6.83. The van der Waals surface area contributed by atoms with Gasteiger partial charge in [-0.1, -0.05) is 54.4 Å². The predicted octanol–water partition coefficient (Wildman–Crippen LogP) is 5.33. The van der Waals surface area contributed by atoms with Gasteiger partial charge in [0.25, 0.3) is 0 Å². The average Bonchev–Trinajstić information content (AvgIpc) is 3.12. The molecule has 0 radical (unpaired) electrons. The Balaban J connectivity index is 1.48. The van der Waals surface area contributed by atoms with Crippen LogP contribution in [0.5, 0.6) is 11.6 Å². The molecule has 1 fully saturated rings. The van der Waals surface area contributed by atoms with Crippen molar-refractivity contribution >= 4 is 5.95 Å². The van der Waals surface area contributed by atoms with Gasteiger partial charge >= 0.3 is 0 Å². The molecule has 1 heterocycles. The molecule has 4 rings (SSSR count). The molecule has 0 bridgehead atoms. The number of nitrogens with one attached hydrogen (secondary N) is 1. The van der Waals surface area contributed by atoms with Crippen molar-refractivity contribution in [2.45, 2.75) is 38.1 Å². The highest BCUT2D eigenvalue weighted by atomic mass is 16.5. The summed E-state index contributed by atoms with van der Waals surface area (Å²) in [6.45, 7) is 2.13. The number of para-hydroxylation sites is 1. The van der Waals surface area contributed by atoms with Gasteiger partial charge in [-0.3, -0.25) is 0 Å². The summed E-state index contributed by atoms with van der Waals surface area (Å²) in [4.78, 5) is 8.91. The molecule has 0 saturated heterocycles. The van der Waals surface area contributed by atoms with Gasteiger partial charge in [0.15, 0.2) is 0 Å². The van der Waals surface area contributed by atoms with E-state index in [2.05, 4.69) is 46.5 Å². The van der Waals surface area contributed by atoms with Gasteiger partial charge < -0.3 is 10.1 Å². The smallest absolute Gasteiger partial charge is 0.226 e. The predicted molar refractivity (Wildman–Crippen MR) is 104 cm³/mol. The monoisotopic (exact) mass is 345 g/mol. The molecule has 2 atom stereocenters. The molecule has 1 aliphatic rings. The maximum atomic E-state index is 5.82. The Hall–Kier alpha value is -2.88. The van der Waals surface area contributed by atoms with E-state index in [1.807, 2.05) is 30.3 Å². The molecule has 2 unspecified atom stereocenters. The number of hydrogen-bond donors (Lipinski definition) is 1. The Bertz CT molecular complexity index is 849. The van der Waals surface area contributed by atoms with E-state index < -0.39 is 0 Å². The summed E-state index contributed by atoms with van der Waals surface area (Å²) in [7, 11) is 0. The highest BCUT2D eigenvalue weighted by Gasteiger charge is 2.29. The molecule has 1 aromatic heterocycles. The van der Waals surface area contributed by atoms with Crippen molar-refractivity contribution in [3.05, 3.63) is 78.0 Å². The van der Waals surface area contributed by atoms with E-state index in [0.29, 0.717) is 23.8 Å². The normalized spacial score (nSPS) is 19.3. The lowest BCUT2D eigenvalue weighted by Gasteiger charge is -2.21. The lowest BCUT2D eigenvalue weighted by atomic mass is 9.93. The van der Waals surface area contributed by atoms with Gasteiger partial charge in [0, 0.05) is 24.2 Å². The second kappa shape index (κ2) is 7.56. The van der Waals surface area contributed by atoms with Crippen molar-refractivity contribution in [3.8, 4) is 11.6 Å². The minimum absolute atomic E-state index is 0.352. The molecule has 26 heavy (non-hydrogen) atoms. The molecule has 0 spiro atoms. The number of hydrogen-bond acceptors (Lipinski definition) is 4. The summed E-state index contributed by atoms with van der Waals surface area (Å²) in [6.07, 6.45) is 5.28. The number of benzene rings is 2. The van der Waals surface area contributed by atoms with Crippen LogP contribution in [0.1, 0.15) is 36.3 Å². The fraction of sp³-hybridized carbons (Fsp3) is 0.273. The number of anilines is 1. The van der Waals surface area contributed by atoms with E-state index in [1.165, 1.54) is 24.0 Å². The maximum absolute atomic E-state index is 5.82. The first-order valence-electron chi connectivity index (χ1n) is 9.17. The van der Waals surface area contributed by atoms with Gasteiger partial charge in [0.05, 0.1) is 0 Å². The second-order valence-corrected chi connectivity index (χ2v) is 6.83. The van der Waals surface area contributed by atoms with Crippen LogP contribution in [0.25, 0.3) is 0 Å². The van der Waals surface area contributed by atoms with E-state index in [4.69, 9.17) is 4.74 Å². The summed E-state index contributed by atoms with van der Waals surface area (Å²) in [6, 6.07) is 20.7. The Morgan fingerprint density at radius 3 is 2.58 bits per heavy atom. The summed E-state index contributed by atoms with van der Waals surface area (Å²) >= 11 is 0. The van der Waals surface area contributed by atoms with Crippen molar-refractivity contribution < 1.29 is 4.74 Å². The first-order valence-corrected chi connectivity index (χ1v) is 9.17. The Morgan fingerprint density at radius 1 is 0.962 bits per heavy atom. The van der Waals surface area contributed by atoms with Gasteiger partial charge in [-0.25, -0.2) is 4.98 Å². The van der Waals surface area contributed by atoms with Crippen LogP contribution in [0.2, 0.25) is 0 Å². The van der Waals surface area contributed by atoms with Crippen LogP contribution in [-0.2, 0) is 0 Å². The standard InChI is InChI=1S/C22H23N3O/c1-16-10-12-17(13-11-16)19-8-5-9-20(19)24-22-23-15-14-21(25-22)26-18-6-3-2-4-7-18/h2-4,6-7,10-15,19-20H,5,8-9H2,1H3,(H,23,24,25). The summed E-state index contributed by atoms with van der Waals surface area (Å²) in [5.41, 5.74) is 2.69. The van der Waals surface area contributed by atoms with Crippen molar-refractivity contribution in [2.24, 2.45) is 0 Å². The molecule has 1 aliphatic carbocycles. The van der Waals surface area contributed by atoms with E-state index in [-0.39, 0.29) is 0 Å². The Kier molecular flexibility index (Phi) is 4.82.